The molecule has 210 valence electrons. The van der Waals surface area contributed by atoms with E-state index in [1.807, 2.05) is 12.1 Å². The molecule has 0 aliphatic carbocycles. The van der Waals surface area contributed by atoms with Gasteiger partial charge in [-0.2, -0.15) is 0 Å². The van der Waals surface area contributed by atoms with Gasteiger partial charge in [0.05, 0.1) is 0 Å². The van der Waals surface area contributed by atoms with Crippen LogP contribution < -0.4 is 11.5 Å². The molecule has 0 saturated carbocycles. The lowest BCUT2D eigenvalue weighted by atomic mass is 9.83. The predicted octanol–water partition coefficient (Wildman–Crippen LogP) is 10.3. The summed E-state index contributed by atoms with van der Waals surface area (Å²) in [6.45, 7) is 11.2. The molecule has 0 fully saturated rings. The zero-order valence-corrected chi connectivity index (χ0v) is 25.2. The summed E-state index contributed by atoms with van der Waals surface area (Å²) in [6.07, 6.45) is 7.69. The van der Waals surface area contributed by atoms with Gasteiger partial charge in [-0.05, 0) is 89.0 Å². The van der Waals surface area contributed by atoms with Gasteiger partial charge >= 0.3 is 0 Å². The Kier molecular flexibility index (Phi) is 10.1. The highest BCUT2D eigenvalue weighted by Gasteiger charge is 2.18. The van der Waals surface area contributed by atoms with Crippen molar-refractivity contribution in [2.45, 2.75) is 90.9 Å². The Labute approximate surface area is 242 Å². The van der Waals surface area contributed by atoms with Gasteiger partial charge in [0.25, 0.3) is 0 Å². The molecule has 0 spiro atoms. The minimum Gasteiger partial charge on any atom is -0.399 e. The van der Waals surface area contributed by atoms with E-state index in [-0.39, 0.29) is 0 Å². The van der Waals surface area contributed by atoms with Crippen LogP contribution in [0.3, 0.4) is 0 Å². The van der Waals surface area contributed by atoms with E-state index in [1.54, 1.807) is 0 Å². The van der Waals surface area contributed by atoms with Crippen molar-refractivity contribution in [3.63, 3.8) is 0 Å². The lowest BCUT2D eigenvalue weighted by Crippen LogP contribution is -2.05. The Bertz CT molecular complexity index is 1270. The third-order valence-corrected chi connectivity index (χ3v) is 8.79. The monoisotopic (exact) mass is 532 g/mol. The summed E-state index contributed by atoms with van der Waals surface area (Å²) in [7, 11) is 0. The molecule has 4 aromatic carbocycles. The molecule has 0 aliphatic rings. The highest BCUT2D eigenvalue weighted by Crippen LogP contribution is 2.35. The zero-order chi connectivity index (χ0) is 28.6. The number of hydrogen-bond acceptors (Lipinski definition) is 2. The van der Waals surface area contributed by atoms with E-state index in [0.717, 1.165) is 11.4 Å². The van der Waals surface area contributed by atoms with Gasteiger partial charge in [0.15, 0.2) is 0 Å². The maximum Gasteiger partial charge on any atom is 0.0316 e. The molecular weight excluding hydrogens is 484 g/mol. The normalized spacial score (nSPS) is 13.6. The van der Waals surface area contributed by atoms with Gasteiger partial charge in [-0.3, -0.25) is 0 Å². The number of nitrogens with two attached hydrogens (primary N) is 2. The highest BCUT2D eigenvalue weighted by molar-refractivity contribution is 5.49. The fourth-order valence-electron chi connectivity index (χ4n) is 6.24. The summed E-state index contributed by atoms with van der Waals surface area (Å²) in [6, 6.07) is 31.3. The molecule has 4 N–H and O–H groups in total. The summed E-state index contributed by atoms with van der Waals surface area (Å²) in [5, 5.41) is 0. The van der Waals surface area contributed by atoms with Crippen LogP contribution in [0.4, 0.5) is 11.4 Å². The van der Waals surface area contributed by atoms with Crippen LogP contribution in [0.1, 0.15) is 122 Å². The van der Waals surface area contributed by atoms with Crippen molar-refractivity contribution in [1.29, 1.82) is 0 Å². The molecule has 2 nitrogen and oxygen atoms in total. The summed E-state index contributed by atoms with van der Waals surface area (Å²) in [4.78, 5) is 0. The topological polar surface area (TPSA) is 52.0 Å². The highest BCUT2D eigenvalue weighted by atomic mass is 14.5. The standard InChI is InChI=1S/C38H48N2/c1-6-7-8-9-10-11-38(32-16-12-30(13-17-32)28(4)36-22-20-34(39)24-26(36)2)33-18-14-31(15-19-33)29(5)37-23-21-35(40)25-27(37)3/h12-25,28-29,38H,6-11,39-40H2,1-5H3. The van der Waals surface area contributed by atoms with E-state index in [2.05, 4.69) is 107 Å². The molecule has 0 bridgehead atoms. The second-order valence-electron chi connectivity index (χ2n) is 11.8. The fourth-order valence-corrected chi connectivity index (χ4v) is 6.24. The SMILES string of the molecule is CCCCCCCC(c1ccc(C(C)c2ccc(N)cc2C)cc1)c1ccc(C(C)c2ccc(N)cc2C)cc1. The lowest BCUT2D eigenvalue weighted by Gasteiger charge is -2.22. The Morgan fingerprint density at radius 1 is 0.525 bits per heavy atom. The molecule has 4 aromatic rings. The maximum atomic E-state index is 6.00. The van der Waals surface area contributed by atoms with Crippen LogP contribution in [0.25, 0.3) is 0 Å². The second kappa shape index (κ2) is 13.7. The van der Waals surface area contributed by atoms with Gasteiger partial charge < -0.3 is 11.5 Å². The maximum absolute atomic E-state index is 6.00. The van der Waals surface area contributed by atoms with Crippen LogP contribution >= 0.6 is 0 Å². The predicted molar refractivity (Wildman–Crippen MR) is 174 cm³/mol. The van der Waals surface area contributed by atoms with Crippen molar-refractivity contribution in [1.82, 2.24) is 0 Å². The van der Waals surface area contributed by atoms with E-state index in [0.29, 0.717) is 17.8 Å². The van der Waals surface area contributed by atoms with Crippen molar-refractivity contribution in [2.24, 2.45) is 0 Å². The Morgan fingerprint density at radius 3 is 1.32 bits per heavy atom. The van der Waals surface area contributed by atoms with Gasteiger partial charge in [-0.25, -0.2) is 0 Å². The zero-order valence-electron chi connectivity index (χ0n) is 25.2. The molecule has 2 heteroatoms. The molecule has 0 radical (unpaired) electrons. The average Bonchev–Trinajstić information content (AvgIpc) is 2.95. The van der Waals surface area contributed by atoms with Gasteiger partial charge in [-0.15, -0.1) is 0 Å². The van der Waals surface area contributed by atoms with E-state index < -0.39 is 0 Å². The molecule has 4 rings (SSSR count). The number of rotatable bonds is 12. The average molecular weight is 533 g/mol. The molecule has 0 saturated heterocycles. The third kappa shape index (κ3) is 7.16. The van der Waals surface area contributed by atoms with Crippen LogP contribution in [0.15, 0.2) is 84.9 Å². The van der Waals surface area contributed by atoms with Gasteiger partial charge in [0.1, 0.15) is 0 Å². The molecule has 0 aromatic heterocycles. The first-order chi connectivity index (χ1) is 19.3. The fraction of sp³-hybridized carbons (Fsp3) is 0.368. The molecular formula is C38H48N2. The Hall–Kier alpha value is -3.52. The van der Waals surface area contributed by atoms with Gasteiger partial charge in [0.2, 0.25) is 0 Å². The van der Waals surface area contributed by atoms with Gasteiger partial charge in [0, 0.05) is 29.1 Å². The first kappa shape index (κ1) is 29.5. The van der Waals surface area contributed by atoms with Gasteiger partial charge in [-0.1, -0.05) is 114 Å². The van der Waals surface area contributed by atoms with Crippen LogP contribution in [-0.4, -0.2) is 0 Å². The number of unbranched alkanes of at least 4 members (excludes halogenated alkanes) is 4. The number of aryl methyl sites for hydroxylation is 2. The first-order valence-electron chi connectivity index (χ1n) is 15.2. The van der Waals surface area contributed by atoms with Crippen molar-refractivity contribution in [3.8, 4) is 0 Å². The lowest BCUT2D eigenvalue weighted by molar-refractivity contribution is 0.580. The largest absolute Gasteiger partial charge is 0.399 e. The summed E-state index contributed by atoms with van der Waals surface area (Å²) in [5.74, 6) is 1.08. The molecule has 0 aliphatic heterocycles. The Morgan fingerprint density at radius 2 is 0.925 bits per heavy atom. The quantitative estimate of drug-likeness (QED) is 0.141. The molecule has 40 heavy (non-hydrogen) atoms. The Balaban J connectivity index is 1.56. The number of benzene rings is 4. The minimum atomic E-state index is 0.333. The van der Waals surface area contributed by atoms with Crippen molar-refractivity contribution < 1.29 is 0 Å². The summed E-state index contributed by atoms with van der Waals surface area (Å²) < 4.78 is 0. The molecule has 0 amide bonds. The van der Waals surface area contributed by atoms with Crippen LogP contribution in [-0.2, 0) is 0 Å². The van der Waals surface area contributed by atoms with E-state index in [9.17, 15) is 0 Å². The number of hydrogen-bond donors (Lipinski definition) is 2. The number of nitrogen functional groups attached to an aromatic ring is 2. The van der Waals surface area contributed by atoms with Crippen LogP contribution in [0, 0.1) is 13.8 Å². The summed E-state index contributed by atoms with van der Waals surface area (Å²) >= 11 is 0. The third-order valence-electron chi connectivity index (χ3n) is 8.79. The summed E-state index contributed by atoms with van der Waals surface area (Å²) in [5.41, 5.74) is 24.4. The van der Waals surface area contributed by atoms with Crippen LogP contribution in [0.2, 0.25) is 0 Å². The second-order valence-corrected chi connectivity index (χ2v) is 11.8. The first-order valence-corrected chi connectivity index (χ1v) is 15.2. The van der Waals surface area contributed by atoms with E-state index >= 15 is 0 Å². The van der Waals surface area contributed by atoms with Crippen molar-refractivity contribution >= 4 is 11.4 Å². The molecule has 2 atom stereocenters. The van der Waals surface area contributed by atoms with E-state index in [4.69, 9.17) is 11.5 Å². The molecule has 0 heterocycles. The van der Waals surface area contributed by atoms with Crippen LogP contribution in [0.5, 0.6) is 0 Å². The minimum absolute atomic E-state index is 0.333. The smallest absolute Gasteiger partial charge is 0.0316 e. The van der Waals surface area contributed by atoms with Crippen molar-refractivity contribution in [2.75, 3.05) is 11.5 Å². The van der Waals surface area contributed by atoms with E-state index in [1.165, 1.54) is 83.0 Å². The molecule has 2 unspecified atom stereocenters. The van der Waals surface area contributed by atoms with Crippen molar-refractivity contribution in [3.05, 3.63) is 129 Å². The number of anilines is 2.